The van der Waals surface area contributed by atoms with E-state index in [0.29, 0.717) is 5.82 Å². The van der Waals surface area contributed by atoms with E-state index in [1.165, 1.54) is 0 Å². The summed E-state index contributed by atoms with van der Waals surface area (Å²) >= 11 is 0. The molecule has 6 heteroatoms. The number of anilines is 1. The van der Waals surface area contributed by atoms with Crippen molar-refractivity contribution < 1.29 is 9.90 Å². The van der Waals surface area contributed by atoms with Gasteiger partial charge in [0.1, 0.15) is 5.82 Å². The van der Waals surface area contributed by atoms with Gasteiger partial charge in [-0.2, -0.15) is 5.10 Å². The lowest BCUT2D eigenvalue weighted by atomic mass is 9.91. The van der Waals surface area contributed by atoms with Crippen LogP contribution in [0, 0.1) is 0 Å². The van der Waals surface area contributed by atoms with Crippen LogP contribution in [0.5, 0.6) is 0 Å². The van der Waals surface area contributed by atoms with E-state index in [2.05, 4.69) is 10.4 Å². The summed E-state index contributed by atoms with van der Waals surface area (Å²) in [6.07, 6.45) is 5.34. The second-order valence-corrected chi connectivity index (χ2v) is 6.14. The number of hydrogen-bond donors (Lipinski definition) is 2. The highest BCUT2D eigenvalue weighted by Crippen LogP contribution is 2.22. The molecule has 0 aliphatic heterocycles. The first kappa shape index (κ1) is 16.0. The maximum atomic E-state index is 12.2. The van der Waals surface area contributed by atoms with Gasteiger partial charge in [0.15, 0.2) is 0 Å². The van der Waals surface area contributed by atoms with Crippen LogP contribution >= 0.6 is 0 Å². The summed E-state index contributed by atoms with van der Waals surface area (Å²) in [5.74, 6) is 0.644. The van der Waals surface area contributed by atoms with Crippen LogP contribution in [0.4, 0.5) is 5.82 Å². The van der Waals surface area contributed by atoms with Crippen molar-refractivity contribution in [3.63, 3.8) is 0 Å². The van der Waals surface area contributed by atoms with Crippen LogP contribution in [-0.4, -0.2) is 51.4 Å². The van der Waals surface area contributed by atoms with Crippen molar-refractivity contribution in [2.24, 2.45) is 0 Å². The number of aliphatic hydroxyl groups excluding tert-OH is 1. The van der Waals surface area contributed by atoms with Crippen molar-refractivity contribution in [2.75, 3.05) is 18.9 Å². The van der Waals surface area contributed by atoms with Crippen LogP contribution < -0.4 is 5.32 Å². The Hall–Kier alpha value is -1.40. The molecule has 1 aromatic rings. The molecule has 0 spiro atoms. The largest absolute Gasteiger partial charge is 0.391 e. The highest BCUT2D eigenvalue weighted by Gasteiger charge is 2.27. The second-order valence-electron chi connectivity index (χ2n) is 6.14. The Morgan fingerprint density at radius 1 is 1.52 bits per heavy atom. The molecule has 1 heterocycles. The quantitative estimate of drug-likeness (QED) is 0.866. The average molecular weight is 294 g/mol. The lowest BCUT2D eigenvalue weighted by molar-refractivity contribution is -0.118. The molecule has 1 aliphatic carbocycles. The van der Waals surface area contributed by atoms with Gasteiger partial charge in [-0.25, -0.2) is 4.68 Å². The number of aromatic nitrogens is 2. The molecular formula is C15H26N4O2. The molecule has 1 aromatic heterocycles. The third-order valence-electron chi connectivity index (χ3n) is 4.08. The number of nitrogens with zero attached hydrogens (tertiary/aromatic N) is 3. The lowest BCUT2D eigenvalue weighted by Crippen LogP contribution is -2.46. The van der Waals surface area contributed by atoms with Crippen LogP contribution in [-0.2, 0) is 4.79 Å². The van der Waals surface area contributed by atoms with E-state index in [9.17, 15) is 9.90 Å². The van der Waals surface area contributed by atoms with Gasteiger partial charge >= 0.3 is 0 Å². The van der Waals surface area contributed by atoms with E-state index in [4.69, 9.17) is 0 Å². The van der Waals surface area contributed by atoms with Crippen molar-refractivity contribution in [2.45, 2.75) is 57.7 Å². The number of carbonyl (C=O) groups excluding carboxylic acids is 1. The highest BCUT2D eigenvalue weighted by molar-refractivity contribution is 5.91. The number of carbonyl (C=O) groups is 1. The maximum absolute atomic E-state index is 12.2. The summed E-state index contributed by atoms with van der Waals surface area (Å²) in [5.41, 5.74) is 0. The number of likely N-dealkylation sites (N-methyl/N-ethyl adjacent to an activating group) is 1. The zero-order valence-corrected chi connectivity index (χ0v) is 13.1. The first-order valence-corrected chi connectivity index (χ1v) is 7.70. The van der Waals surface area contributed by atoms with Crippen molar-refractivity contribution in [1.82, 2.24) is 14.7 Å². The molecule has 21 heavy (non-hydrogen) atoms. The Bertz CT molecular complexity index is 472. The Labute approximate surface area is 126 Å². The summed E-state index contributed by atoms with van der Waals surface area (Å²) in [6, 6.07) is 2.08. The number of aliphatic hydroxyl groups is 1. The predicted octanol–water partition coefficient (Wildman–Crippen LogP) is 1.64. The minimum absolute atomic E-state index is 0.0716. The summed E-state index contributed by atoms with van der Waals surface area (Å²) in [5, 5.41) is 17.1. The first-order chi connectivity index (χ1) is 9.99. The number of nitrogens with one attached hydrogen (secondary N) is 1. The fraction of sp³-hybridized carbons (Fsp3) is 0.733. The third-order valence-corrected chi connectivity index (χ3v) is 4.08. The number of hydrogen-bond acceptors (Lipinski definition) is 4. The monoisotopic (exact) mass is 294 g/mol. The molecule has 0 bridgehead atoms. The fourth-order valence-electron chi connectivity index (χ4n) is 2.96. The molecular weight excluding hydrogens is 268 g/mol. The normalized spacial score (nSPS) is 22.8. The van der Waals surface area contributed by atoms with Crippen molar-refractivity contribution in [3.8, 4) is 0 Å². The van der Waals surface area contributed by atoms with Crippen molar-refractivity contribution in [1.29, 1.82) is 0 Å². The Balaban J connectivity index is 1.90. The lowest BCUT2D eigenvalue weighted by Gasteiger charge is -2.34. The SMILES string of the molecule is CC(C)n1nccc1NC(=O)CN(C)C1CCCCC1O. The fourth-order valence-corrected chi connectivity index (χ4v) is 2.96. The molecule has 2 unspecified atom stereocenters. The zero-order chi connectivity index (χ0) is 15.4. The molecule has 1 amide bonds. The van der Waals surface area contributed by atoms with Gasteiger partial charge < -0.3 is 10.4 Å². The van der Waals surface area contributed by atoms with Crippen LogP contribution in [0.25, 0.3) is 0 Å². The van der Waals surface area contributed by atoms with E-state index in [1.54, 1.807) is 16.9 Å². The van der Waals surface area contributed by atoms with Gasteiger partial charge in [0.05, 0.1) is 18.8 Å². The molecule has 2 N–H and O–H groups in total. The van der Waals surface area contributed by atoms with E-state index >= 15 is 0 Å². The molecule has 6 nitrogen and oxygen atoms in total. The summed E-state index contributed by atoms with van der Waals surface area (Å²) in [7, 11) is 1.90. The van der Waals surface area contributed by atoms with Crippen LogP contribution in [0.15, 0.2) is 12.3 Å². The Morgan fingerprint density at radius 2 is 2.24 bits per heavy atom. The predicted molar refractivity (Wildman–Crippen MR) is 82.1 cm³/mol. The average Bonchev–Trinajstić information content (AvgIpc) is 2.87. The third kappa shape index (κ3) is 4.04. The molecule has 2 rings (SSSR count). The van der Waals surface area contributed by atoms with Gasteiger partial charge in [0, 0.05) is 18.2 Å². The molecule has 118 valence electrons. The van der Waals surface area contributed by atoms with Crippen molar-refractivity contribution >= 4 is 11.7 Å². The first-order valence-electron chi connectivity index (χ1n) is 7.70. The van der Waals surface area contributed by atoms with Gasteiger partial charge in [0.25, 0.3) is 0 Å². The van der Waals surface area contributed by atoms with E-state index in [-0.39, 0.29) is 30.6 Å². The molecule has 1 aliphatic rings. The Kier molecular flexibility index (Phi) is 5.36. The smallest absolute Gasteiger partial charge is 0.239 e. The second kappa shape index (κ2) is 7.04. The zero-order valence-electron chi connectivity index (χ0n) is 13.1. The van der Waals surface area contributed by atoms with Crippen LogP contribution in [0.2, 0.25) is 0 Å². The number of rotatable bonds is 5. The van der Waals surface area contributed by atoms with Gasteiger partial charge in [-0.3, -0.25) is 9.69 Å². The summed E-state index contributed by atoms with van der Waals surface area (Å²) < 4.78 is 1.79. The van der Waals surface area contributed by atoms with Gasteiger partial charge in [0.2, 0.25) is 5.91 Å². The van der Waals surface area contributed by atoms with Crippen LogP contribution in [0.1, 0.15) is 45.6 Å². The summed E-state index contributed by atoms with van der Waals surface area (Å²) in [4.78, 5) is 14.1. The van der Waals surface area contributed by atoms with E-state index in [0.717, 1.165) is 25.7 Å². The summed E-state index contributed by atoms with van der Waals surface area (Å²) in [6.45, 7) is 4.32. The van der Waals surface area contributed by atoms with Gasteiger partial charge in [-0.15, -0.1) is 0 Å². The molecule has 1 saturated carbocycles. The van der Waals surface area contributed by atoms with Crippen LogP contribution in [0.3, 0.4) is 0 Å². The standard InChI is InChI=1S/C15H26N4O2/c1-11(2)19-14(8-9-16-19)17-15(21)10-18(3)12-6-4-5-7-13(12)20/h8-9,11-13,20H,4-7,10H2,1-3H3,(H,17,21). The molecule has 1 fully saturated rings. The van der Waals surface area contributed by atoms with Gasteiger partial charge in [-0.05, 0) is 33.7 Å². The molecule has 0 saturated heterocycles. The Morgan fingerprint density at radius 3 is 2.90 bits per heavy atom. The molecule has 2 atom stereocenters. The molecule has 0 aromatic carbocycles. The minimum atomic E-state index is -0.322. The van der Waals surface area contributed by atoms with Gasteiger partial charge in [-0.1, -0.05) is 12.8 Å². The minimum Gasteiger partial charge on any atom is -0.391 e. The van der Waals surface area contributed by atoms with E-state index in [1.807, 2.05) is 25.8 Å². The maximum Gasteiger partial charge on any atom is 0.239 e. The number of amides is 1. The van der Waals surface area contributed by atoms with Crippen molar-refractivity contribution in [3.05, 3.63) is 12.3 Å². The highest BCUT2D eigenvalue weighted by atomic mass is 16.3. The van der Waals surface area contributed by atoms with E-state index < -0.39 is 0 Å². The topological polar surface area (TPSA) is 70.4 Å². The molecule has 0 radical (unpaired) electrons.